The molecule has 4 rings (SSSR count). The molecule has 34 heavy (non-hydrogen) atoms. The van der Waals surface area contributed by atoms with Gasteiger partial charge < -0.3 is 19.5 Å². The molecule has 174 valence electrons. The topological polar surface area (TPSA) is 102 Å². The summed E-state index contributed by atoms with van der Waals surface area (Å²) in [4.78, 5) is 39.7. The number of fused-ring (bicyclic) bond motifs is 1. The highest BCUT2D eigenvalue weighted by Crippen LogP contribution is 2.29. The fourth-order valence-corrected chi connectivity index (χ4v) is 4.02. The first-order chi connectivity index (χ1) is 16.5. The van der Waals surface area contributed by atoms with Crippen LogP contribution in [0.5, 0.6) is 0 Å². The number of ether oxygens (including phenoxy) is 1. The largest absolute Gasteiger partial charge is 0.452 e. The van der Waals surface area contributed by atoms with E-state index in [-0.39, 0.29) is 18.0 Å². The number of thiophene rings is 1. The molecule has 0 atom stereocenters. The Balaban J connectivity index is 1.35. The van der Waals surface area contributed by atoms with Crippen molar-refractivity contribution in [2.45, 2.75) is 13.5 Å². The average molecular weight is 478 g/mol. The van der Waals surface area contributed by atoms with Gasteiger partial charge in [0.05, 0.1) is 24.0 Å². The summed E-state index contributed by atoms with van der Waals surface area (Å²) in [6.07, 6.45) is 0. The van der Waals surface area contributed by atoms with Gasteiger partial charge in [-0.3, -0.25) is 9.59 Å². The van der Waals surface area contributed by atoms with Gasteiger partial charge >= 0.3 is 5.97 Å². The third-order valence-electron chi connectivity index (χ3n) is 5.18. The maximum atomic E-state index is 12.6. The van der Waals surface area contributed by atoms with Crippen molar-refractivity contribution in [2.75, 3.05) is 19.7 Å². The van der Waals surface area contributed by atoms with E-state index >= 15 is 0 Å². The number of likely N-dealkylation sites (N-methyl/N-ethyl adjacent to an activating group) is 1. The smallest absolute Gasteiger partial charge is 0.338 e. The van der Waals surface area contributed by atoms with Gasteiger partial charge in [0.15, 0.2) is 12.4 Å². The zero-order valence-electron chi connectivity index (χ0n) is 18.5. The lowest BCUT2D eigenvalue weighted by Crippen LogP contribution is -2.42. The van der Waals surface area contributed by atoms with Gasteiger partial charge in [-0.1, -0.05) is 41.6 Å². The van der Waals surface area contributed by atoms with E-state index in [9.17, 15) is 14.4 Å². The molecule has 0 aliphatic rings. The van der Waals surface area contributed by atoms with Gasteiger partial charge in [-0.15, -0.1) is 11.3 Å². The van der Waals surface area contributed by atoms with Crippen molar-refractivity contribution in [1.82, 2.24) is 15.4 Å². The molecule has 0 bridgehead atoms. The lowest BCUT2D eigenvalue weighted by molar-refractivity contribution is -0.138. The molecule has 0 saturated carbocycles. The first kappa shape index (κ1) is 23.2. The Kier molecular flexibility index (Phi) is 7.34. The maximum absolute atomic E-state index is 12.6. The van der Waals surface area contributed by atoms with E-state index in [0.717, 1.165) is 10.4 Å². The zero-order valence-corrected chi connectivity index (χ0v) is 19.3. The van der Waals surface area contributed by atoms with Crippen LogP contribution in [0.1, 0.15) is 22.2 Å². The van der Waals surface area contributed by atoms with Crippen molar-refractivity contribution in [3.63, 3.8) is 0 Å². The van der Waals surface area contributed by atoms with Crippen LogP contribution in [0.25, 0.3) is 22.2 Å². The van der Waals surface area contributed by atoms with Gasteiger partial charge in [-0.05, 0) is 36.6 Å². The van der Waals surface area contributed by atoms with Gasteiger partial charge in [0.1, 0.15) is 5.52 Å². The molecule has 2 aromatic carbocycles. The Morgan fingerprint density at radius 3 is 2.65 bits per heavy atom. The lowest BCUT2D eigenvalue weighted by atomic mass is 10.1. The van der Waals surface area contributed by atoms with Crippen molar-refractivity contribution >= 4 is 40.0 Å². The second-order valence-corrected chi connectivity index (χ2v) is 8.48. The fourth-order valence-electron chi connectivity index (χ4n) is 3.37. The van der Waals surface area contributed by atoms with Crippen molar-refractivity contribution in [3.05, 3.63) is 76.5 Å². The molecule has 0 saturated heterocycles. The number of rotatable bonds is 9. The van der Waals surface area contributed by atoms with Crippen molar-refractivity contribution in [3.8, 4) is 11.3 Å². The number of hydrogen-bond acceptors (Lipinski definition) is 7. The van der Waals surface area contributed by atoms with Gasteiger partial charge in [-0.2, -0.15) is 0 Å². The van der Waals surface area contributed by atoms with Crippen LogP contribution in [0.4, 0.5) is 0 Å². The summed E-state index contributed by atoms with van der Waals surface area (Å²) in [5, 5.41) is 9.42. The molecule has 0 spiro atoms. The molecule has 4 aromatic rings. The Morgan fingerprint density at radius 2 is 1.91 bits per heavy atom. The second kappa shape index (κ2) is 10.8. The van der Waals surface area contributed by atoms with Crippen LogP contribution < -0.4 is 5.32 Å². The standard InChI is InChI=1S/C25H23N3O5S/c1-2-28(15-22(29)26-14-19-9-6-12-34-19)23(30)16-32-25(31)18-10-11-21-20(13-18)24(33-27-21)17-7-4-3-5-8-17/h3-13H,2,14-16H2,1H3,(H,26,29). The highest BCUT2D eigenvalue weighted by Gasteiger charge is 2.19. The molecule has 0 aliphatic heterocycles. The van der Waals surface area contributed by atoms with Crippen LogP contribution in [0.2, 0.25) is 0 Å². The maximum Gasteiger partial charge on any atom is 0.338 e. The molecular weight excluding hydrogens is 454 g/mol. The molecule has 2 heterocycles. The van der Waals surface area contributed by atoms with E-state index in [1.54, 1.807) is 36.5 Å². The molecule has 0 radical (unpaired) electrons. The predicted molar refractivity (Wildman–Crippen MR) is 128 cm³/mol. The highest BCUT2D eigenvalue weighted by atomic mass is 32.1. The number of esters is 1. The van der Waals surface area contributed by atoms with E-state index in [0.29, 0.717) is 29.8 Å². The Hall–Kier alpha value is -3.98. The summed E-state index contributed by atoms with van der Waals surface area (Å²) in [6, 6.07) is 18.1. The van der Waals surface area contributed by atoms with Crippen molar-refractivity contribution in [2.24, 2.45) is 0 Å². The normalized spacial score (nSPS) is 10.7. The van der Waals surface area contributed by atoms with Crippen molar-refractivity contribution < 1.29 is 23.6 Å². The summed E-state index contributed by atoms with van der Waals surface area (Å²) in [6.45, 7) is 1.92. The van der Waals surface area contributed by atoms with Crippen LogP contribution in [0.3, 0.4) is 0 Å². The number of nitrogens with zero attached hydrogens (tertiary/aromatic N) is 2. The first-order valence-electron chi connectivity index (χ1n) is 10.7. The minimum absolute atomic E-state index is 0.106. The van der Waals surface area contributed by atoms with E-state index in [4.69, 9.17) is 9.26 Å². The molecule has 2 amide bonds. The van der Waals surface area contributed by atoms with E-state index in [2.05, 4.69) is 10.5 Å². The van der Waals surface area contributed by atoms with E-state index in [1.807, 2.05) is 47.8 Å². The van der Waals surface area contributed by atoms with E-state index < -0.39 is 18.5 Å². The van der Waals surface area contributed by atoms with Gasteiger partial charge in [-0.25, -0.2) is 4.79 Å². The number of hydrogen-bond donors (Lipinski definition) is 1. The van der Waals surface area contributed by atoms with E-state index in [1.165, 1.54) is 4.90 Å². The quantitative estimate of drug-likeness (QED) is 0.367. The molecule has 8 nitrogen and oxygen atoms in total. The molecular formula is C25H23N3O5S. The second-order valence-electron chi connectivity index (χ2n) is 7.45. The Bertz CT molecular complexity index is 1280. The van der Waals surface area contributed by atoms with Crippen LogP contribution in [0.15, 0.2) is 70.6 Å². The average Bonchev–Trinajstić information content (AvgIpc) is 3.54. The predicted octanol–water partition coefficient (Wildman–Crippen LogP) is 3.88. The number of carbonyl (C=O) groups is 3. The SMILES string of the molecule is CCN(CC(=O)NCc1cccs1)C(=O)COC(=O)c1ccc2noc(-c3ccccc3)c2c1. The number of aromatic nitrogens is 1. The summed E-state index contributed by atoms with van der Waals surface area (Å²) >= 11 is 1.54. The molecule has 9 heteroatoms. The first-order valence-corrected chi connectivity index (χ1v) is 11.6. The summed E-state index contributed by atoms with van der Waals surface area (Å²) in [5.74, 6) is -0.819. The third-order valence-corrected chi connectivity index (χ3v) is 6.06. The summed E-state index contributed by atoms with van der Waals surface area (Å²) < 4.78 is 10.7. The number of carbonyl (C=O) groups excluding carboxylic acids is 3. The van der Waals surface area contributed by atoms with Gasteiger partial charge in [0.2, 0.25) is 5.91 Å². The zero-order chi connectivity index (χ0) is 23.9. The minimum Gasteiger partial charge on any atom is -0.452 e. The van der Waals surface area contributed by atoms with Gasteiger partial charge in [0.25, 0.3) is 5.91 Å². The summed E-state index contributed by atoms with van der Waals surface area (Å²) in [7, 11) is 0. The Morgan fingerprint density at radius 1 is 1.09 bits per heavy atom. The number of benzene rings is 2. The van der Waals surface area contributed by atoms with Crippen LogP contribution in [-0.4, -0.2) is 47.5 Å². The molecule has 0 aliphatic carbocycles. The highest BCUT2D eigenvalue weighted by molar-refractivity contribution is 7.09. The van der Waals surface area contributed by atoms with Crippen molar-refractivity contribution in [1.29, 1.82) is 0 Å². The minimum atomic E-state index is -0.645. The molecule has 0 unspecified atom stereocenters. The third kappa shape index (κ3) is 5.49. The molecule has 2 aromatic heterocycles. The van der Waals surface area contributed by atoms with Crippen LogP contribution in [-0.2, 0) is 20.9 Å². The van der Waals surface area contributed by atoms with Crippen LogP contribution in [0, 0.1) is 0 Å². The lowest BCUT2D eigenvalue weighted by Gasteiger charge is -2.20. The summed E-state index contributed by atoms with van der Waals surface area (Å²) in [5.41, 5.74) is 1.72. The number of nitrogens with one attached hydrogen (secondary N) is 1. The fraction of sp³-hybridized carbons (Fsp3) is 0.200. The molecule has 0 fully saturated rings. The Labute approximate surface area is 200 Å². The number of amides is 2. The van der Waals surface area contributed by atoms with Crippen LogP contribution >= 0.6 is 11.3 Å². The van der Waals surface area contributed by atoms with Gasteiger partial charge in [0, 0.05) is 17.0 Å². The molecule has 1 N–H and O–H groups in total. The monoisotopic (exact) mass is 477 g/mol.